The molecule has 0 radical (unpaired) electrons. The van der Waals surface area contributed by atoms with E-state index in [9.17, 15) is 0 Å². The van der Waals surface area contributed by atoms with E-state index in [4.69, 9.17) is 21.1 Å². The Hall–Kier alpha value is -0.770. The predicted molar refractivity (Wildman–Crippen MR) is 85.4 cm³/mol. The van der Waals surface area contributed by atoms with Gasteiger partial charge in [0, 0.05) is 30.0 Å². The van der Waals surface area contributed by atoms with Crippen molar-refractivity contribution in [1.82, 2.24) is 5.32 Å². The molecule has 0 saturated carbocycles. The normalized spacial score (nSPS) is 27.7. The summed E-state index contributed by atoms with van der Waals surface area (Å²) in [6.07, 6.45) is 3.27. The fourth-order valence-electron chi connectivity index (χ4n) is 3.58. The van der Waals surface area contributed by atoms with Crippen LogP contribution in [0, 0.1) is 5.41 Å². The van der Waals surface area contributed by atoms with Crippen molar-refractivity contribution >= 4 is 11.6 Å². The van der Waals surface area contributed by atoms with Crippen molar-refractivity contribution in [2.24, 2.45) is 5.41 Å². The first-order valence-corrected chi connectivity index (χ1v) is 8.29. The molecule has 1 fully saturated rings. The lowest BCUT2D eigenvalue weighted by atomic mass is 9.75. The third kappa shape index (κ3) is 2.92. The number of hydrogen-bond donors (Lipinski definition) is 1. The summed E-state index contributed by atoms with van der Waals surface area (Å²) in [4.78, 5) is 0. The second-order valence-electron chi connectivity index (χ2n) is 6.23. The third-order valence-corrected chi connectivity index (χ3v) is 5.14. The van der Waals surface area contributed by atoms with Crippen molar-refractivity contribution in [3.63, 3.8) is 0 Å². The van der Waals surface area contributed by atoms with Crippen LogP contribution in [-0.4, -0.2) is 32.4 Å². The fraction of sp³-hybridized carbons (Fsp3) is 0.647. The first kappa shape index (κ1) is 15.1. The van der Waals surface area contributed by atoms with Gasteiger partial charge in [-0.25, -0.2) is 0 Å². The highest BCUT2D eigenvalue weighted by molar-refractivity contribution is 6.30. The molecule has 21 heavy (non-hydrogen) atoms. The molecular weight excluding hydrogens is 286 g/mol. The summed E-state index contributed by atoms with van der Waals surface area (Å²) in [7, 11) is 0. The summed E-state index contributed by atoms with van der Waals surface area (Å²) in [6.45, 7) is 7.92. The predicted octanol–water partition coefficient (Wildman–Crippen LogP) is 3.22. The molecule has 0 aliphatic carbocycles. The minimum atomic E-state index is 0.139. The second kappa shape index (κ2) is 6.15. The lowest BCUT2D eigenvalue weighted by molar-refractivity contribution is 0.0630. The summed E-state index contributed by atoms with van der Waals surface area (Å²) < 4.78 is 11.7. The number of halogens is 1. The van der Waals surface area contributed by atoms with E-state index in [0.29, 0.717) is 0 Å². The first-order valence-electron chi connectivity index (χ1n) is 7.91. The van der Waals surface area contributed by atoms with Crippen molar-refractivity contribution in [3.8, 4) is 5.75 Å². The van der Waals surface area contributed by atoms with E-state index in [0.717, 1.165) is 56.3 Å². The minimum absolute atomic E-state index is 0.139. The molecule has 116 valence electrons. The molecule has 1 aromatic rings. The summed E-state index contributed by atoms with van der Waals surface area (Å²) >= 11 is 6.30. The highest BCUT2D eigenvalue weighted by Gasteiger charge is 2.42. The van der Waals surface area contributed by atoms with Crippen LogP contribution in [0.5, 0.6) is 5.75 Å². The average Bonchev–Trinajstić information content (AvgIpc) is 3.04. The van der Waals surface area contributed by atoms with Gasteiger partial charge in [0.15, 0.2) is 0 Å². The van der Waals surface area contributed by atoms with E-state index in [-0.39, 0.29) is 11.5 Å². The molecule has 0 aromatic heterocycles. The largest absolute Gasteiger partial charge is 0.493 e. The van der Waals surface area contributed by atoms with Crippen LogP contribution < -0.4 is 10.1 Å². The molecule has 1 aromatic carbocycles. The maximum atomic E-state index is 6.30. The van der Waals surface area contributed by atoms with Gasteiger partial charge in [0.1, 0.15) is 5.75 Å². The Morgan fingerprint density at radius 1 is 1.38 bits per heavy atom. The second-order valence-corrected chi connectivity index (χ2v) is 6.67. The maximum absolute atomic E-state index is 6.30. The number of ether oxygens (including phenoxy) is 2. The first-order chi connectivity index (χ1) is 10.1. The van der Waals surface area contributed by atoms with Gasteiger partial charge in [-0.05, 0) is 49.6 Å². The van der Waals surface area contributed by atoms with Crippen LogP contribution in [0.2, 0.25) is 5.02 Å². The molecule has 0 spiro atoms. The Morgan fingerprint density at radius 2 is 2.24 bits per heavy atom. The average molecular weight is 310 g/mol. The van der Waals surface area contributed by atoms with Crippen LogP contribution in [0.4, 0.5) is 0 Å². The van der Waals surface area contributed by atoms with Gasteiger partial charge in [-0.2, -0.15) is 0 Å². The van der Waals surface area contributed by atoms with Gasteiger partial charge in [-0.15, -0.1) is 0 Å². The smallest absolute Gasteiger partial charge is 0.125 e. The lowest BCUT2D eigenvalue weighted by Crippen LogP contribution is -2.41. The van der Waals surface area contributed by atoms with Gasteiger partial charge in [-0.1, -0.05) is 18.5 Å². The van der Waals surface area contributed by atoms with Gasteiger partial charge >= 0.3 is 0 Å². The number of fused-ring (bicyclic) bond motifs is 1. The maximum Gasteiger partial charge on any atom is 0.125 e. The lowest BCUT2D eigenvalue weighted by Gasteiger charge is -2.33. The highest BCUT2D eigenvalue weighted by atomic mass is 35.5. The number of nitrogens with one attached hydrogen (secondary N) is 1. The molecule has 1 saturated heterocycles. The van der Waals surface area contributed by atoms with Gasteiger partial charge in [0.2, 0.25) is 0 Å². The molecule has 3 nitrogen and oxygen atoms in total. The zero-order valence-electron chi connectivity index (χ0n) is 12.9. The molecule has 3 rings (SSSR count). The Kier molecular flexibility index (Phi) is 4.43. The molecule has 2 atom stereocenters. The van der Waals surface area contributed by atoms with Crippen LogP contribution in [0.25, 0.3) is 0 Å². The van der Waals surface area contributed by atoms with E-state index in [1.54, 1.807) is 0 Å². The summed E-state index contributed by atoms with van der Waals surface area (Å²) in [5.74, 6) is 1.06. The van der Waals surface area contributed by atoms with Crippen LogP contribution in [0.15, 0.2) is 12.1 Å². The van der Waals surface area contributed by atoms with Crippen molar-refractivity contribution in [2.45, 2.75) is 39.2 Å². The minimum Gasteiger partial charge on any atom is -0.493 e. The monoisotopic (exact) mass is 309 g/mol. The molecule has 0 amide bonds. The molecular formula is C17H24ClNO2. The van der Waals surface area contributed by atoms with E-state index in [1.165, 1.54) is 11.1 Å². The molecule has 1 N–H and O–H groups in total. The van der Waals surface area contributed by atoms with E-state index in [2.05, 4.69) is 25.2 Å². The molecule has 0 bridgehead atoms. The quantitative estimate of drug-likeness (QED) is 0.906. The molecule has 2 unspecified atom stereocenters. The van der Waals surface area contributed by atoms with Crippen LogP contribution in [0.3, 0.4) is 0 Å². The zero-order valence-corrected chi connectivity index (χ0v) is 13.6. The van der Waals surface area contributed by atoms with Gasteiger partial charge in [-0.3, -0.25) is 0 Å². The molecule has 2 aliphatic rings. The van der Waals surface area contributed by atoms with E-state index in [1.807, 2.05) is 6.07 Å². The summed E-state index contributed by atoms with van der Waals surface area (Å²) in [6, 6.07) is 4.11. The number of benzene rings is 1. The van der Waals surface area contributed by atoms with Gasteiger partial charge in [0.05, 0.1) is 12.7 Å². The number of rotatable bonds is 5. The standard InChI is InChI=1S/C17H24ClNO2/c1-3-19-11-17(5-7-20-12(17)2)10-14-9-15(18)8-13-4-6-21-16(13)14/h8-9,12,19H,3-7,10-11H2,1-2H3. The van der Waals surface area contributed by atoms with E-state index >= 15 is 0 Å². The summed E-state index contributed by atoms with van der Waals surface area (Å²) in [5.41, 5.74) is 2.63. The highest BCUT2D eigenvalue weighted by Crippen LogP contribution is 2.42. The van der Waals surface area contributed by atoms with Crippen molar-refractivity contribution < 1.29 is 9.47 Å². The Labute approximate surface area is 132 Å². The summed E-state index contributed by atoms with van der Waals surface area (Å²) in [5, 5.41) is 4.33. The van der Waals surface area contributed by atoms with Gasteiger partial charge < -0.3 is 14.8 Å². The van der Waals surface area contributed by atoms with Crippen LogP contribution in [0.1, 0.15) is 31.4 Å². The van der Waals surface area contributed by atoms with Gasteiger partial charge in [0.25, 0.3) is 0 Å². The molecule has 2 heterocycles. The Morgan fingerprint density at radius 3 is 2.95 bits per heavy atom. The zero-order chi connectivity index (χ0) is 14.9. The topological polar surface area (TPSA) is 30.5 Å². The fourth-order valence-corrected chi connectivity index (χ4v) is 3.84. The number of hydrogen-bond acceptors (Lipinski definition) is 3. The Balaban J connectivity index is 1.90. The SMILES string of the molecule is CCNCC1(Cc2cc(Cl)cc3c2OCC3)CCOC1C. The van der Waals surface area contributed by atoms with Crippen molar-refractivity contribution in [3.05, 3.63) is 28.3 Å². The third-order valence-electron chi connectivity index (χ3n) is 4.93. The molecule has 2 aliphatic heterocycles. The van der Waals surface area contributed by atoms with Crippen LogP contribution >= 0.6 is 11.6 Å². The van der Waals surface area contributed by atoms with Crippen molar-refractivity contribution in [1.29, 1.82) is 0 Å². The van der Waals surface area contributed by atoms with Crippen molar-refractivity contribution in [2.75, 3.05) is 26.3 Å². The molecule has 4 heteroatoms. The Bertz CT molecular complexity index is 520. The van der Waals surface area contributed by atoms with Crippen LogP contribution in [-0.2, 0) is 17.6 Å². The van der Waals surface area contributed by atoms with E-state index < -0.39 is 0 Å².